The van der Waals surface area contributed by atoms with Gasteiger partial charge in [-0.3, -0.25) is 4.98 Å². The summed E-state index contributed by atoms with van der Waals surface area (Å²) in [7, 11) is 0. The van der Waals surface area contributed by atoms with Crippen molar-refractivity contribution in [1.82, 2.24) is 15.0 Å². The summed E-state index contributed by atoms with van der Waals surface area (Å²) in [4.78, 5) is 12.4. The third-order valence-electron chi connectivity index (χ3n) is 2.42. The molecule has 2 heterocycles. The molecule has 0 aliphatic rings. The van der Waals surface area contributed by atoms with Gasteiger partial charge in [0.1, 0.15) is 11.6 Å². The Kier molecular flexibility index (Phi) is 3.51. The van der Waals surface area contributed by atoms with Crippen molar-refractivity contribution in [1.29, 1.82) is 0 Å². The molecule has 100 valence electrons. The lowest BCUT2D eigenvalue weighted by molar-refractivity contribution is 0.628. The molecule has 0 saturated carbocycles. The fourth-order valence-electron chi connectivity index (χ4n) is 1.54. The Bertz CT molecular complexity index is 683. The van der Waals surface area contributed by atoms with E-state index in [1.807, 2.05) is 5.38 Å². The van der Waals surface area contributed by atoms with Gasteiger partial charge in [-0.05, 0) is 24.3 Å². The van der Waals surface area contributed by atoms with Crippen LogP contribution in [0.2, 0.25) is 0 Å². The predicted molar refractivity (Wildman–Crippen MR) is 77.1 cm³/mol. The average Bonchev–Trinajstić information content (AvgIpc) is 2.90. The Labute approximate surface area is 118 Å². The molecule has 5 nitrogen and oxygen atoms in total. The van der Waals surface area contributed by atoms with E-state index in [9.17, 15) is 4.39 Å². The number of anilines is 4. The van der Waals surface area contributed by atoms with E-state index in [1.165, 1.54) is 23.5 Å². The van der Waals surface area contributed by atoms with Crippen molar-refractivity contribution < 1.29 is 4.39 Å². The topological polar surface area (TPSA) is 62.7 Å². The molecule has 2 N–H and O–H groups in total. The van der Waals surface area contributed by atoms with Crippen LogP contribution in [-0.4, -0.2) is 15.0 Å². The van der Waals surface area contributed by atoms with Crippen LogP contribution in [0.4, 0.5) is 26.8 Å². The number of rotatable bonds is 4. The van der Waals surface area contributed by atoms with Gasteiger partial charge in [-0.15, -0.1) is 11.3 Å². The normalized spacial score (nSPS) is 10.2. The highest BCUT2D eigenvalue weighted by molar-refractivity contribution is 7.14. The lowest BCUT2D eigenvalue weighted by atomic mass is 10.3. The van der Waals surface area contributed by atoms with E-state index in [4.69, 9.17) is 0 Å². The van der Waals surface area contributed by atoms with E-state index in [2.05, 4.69) is 25.6 Å². The highest BCUT2D eigenvalue weighted by Gasteiger charge is 2.03. The molecule has 1 aromatic carbocycles. The molecule has 0 saturated heterocycles. The Morgan fingerprint density at radius 3 is 2.60 bits per heavy atom. The molecule has 0 unspecified atom stereocenters. The lowest BCUT2D eigenvalue weighted by Gasteiger charge is -2.02. The van der Waals surface area contributed by atoms with Gasteiger partial charge in [0.2, 0.25) is 0 Å². The maximum atomic E-state index is 12.8. The molecule has 2 aromatic heterocycles. The van der Waals surface area contributed by atoms with Gasteiger partial charge in [0.15, 0.2) is 10.9 Å². The van der Waals surface area contributed by atoms with Crippen LogP contribution in [0.5, 0.6) is 0 Å². The monoisotopic (exact) mass is 287 g/mol. The van der Waals surface area contributed by atoms with Crippen molar-refractivity contribution in [3.05, 3.63) is 54.1 Å². The molecular weight excluding hydrogens is 277 g/mol. The second-order valence-corrected chi connectivity index (χ2v) is 4.74. The van der Waals surface area contributed by atoms with Crippen LogP contribution >= 0.6 is 11.3 Å². The standard InChI is InChI=1S/C13H10FN5S/c14-9-1-3-10(4-2-9)17-12-8-20-13(19-12)18-11-7-15-5-6-16-11/h1-8,17H,(H,16,18,19). The van der Waals surface area contributed by atoms with E-state index < -0.39 is 0 Å². The van der Waals surface area contributed by atoms with Crippen LogP contribution in [0.15, 0.2) is 48.2 Å². The number of hydrogen-bond donors (Lipinski definition) is 2. The van der Waals surface area contributed by atoms with Gasteiger partial charge in [-0.1, -0.05) is 0 Å². The molecule has 0 fully saturated rings. The van der Waals surface area contributed by atoms with Gasteiger partial charge in [-0.25, -0.2) is 14.4 Å². The molecule has 0 aliphatic carbocycles. The minimum atomic E-state index is -0.265. The van der Waals surface area contributed by atoms with Crippen molar-refractivity contribution in [2.45, 2.75) is 0 Å². The summed E-state index contributed by atoms with van der Waals surface area (Å²) in [5.74, 6) is 1.06. The second-order valence-electron chi connectivity index (χ2n) is 3.89. The molecule has 7 heteroatoms. The average molecular weight is 287 g/mol. The first-order valence-electron chi connectivity index (χ1n) is 5.81. The first-order valence-corrected chi connectivity index (χ1v) is 6.69. The van der Waals surface area contributed by atoms with E-state index in [1.54, 1.807) is 30.7 Å². The molecule has 3 aromatic rings. The Morgan fingerprint density at radius 1 is 1.00 bits per heavy atom. The second kappa shape index (κ2) is 5.62. The number of benzene rings is 1. The van der Waals surface area contributed by atoms with Gasteiger partial charge in [0, 0.05) is 23.5 Å². The number of halogens is 1. The lowest BCUT2D eigenvalue weighted by Crippen LogP contribution is -1.94. The minimum absolute atomic E-state index is 0.265. The molecule has 0 atom stereocenters. The SMILES string of the molecule is Fc1ccc(Nc2csc(Nc3cnccn3)n2)cc1. The maximum absolute atomic E-state index is 12.8. The van der Waals surface area contributed by atoms with Crippen molar-refractivity contribution >= 4 is 33.8 Å². The molecular formula is C13H10FN5S. The third kappa shape index (κ3) is 3.07. The van der Waals surface area contributed by atoms with E-state index in [-0.39, 0.29) is 5.82 Å². The number of hydrogen-bond acceptors (Lipinski definition) is 6. The Hall–Kier alpha value is -2.54. The van der Waals surface area contributed by atoms with Crippen molar-refractivity contribution in [3.63, 3.8) is 0 Å². The van der Waals surface area contributed by atoms with Gasteiger partial charge in [0.25, 0.3) is 0 Å². The highest BCUT2D eigenvalue weighted by atomic mass is 32.1. The fraction of sp³-hybridized carbons (Fsp3) is 0. The predicted octanol–water partition coefficient (Wildman–Crippen LogP) is 3.56. The van der Waals surface area contributed by atoms with Crippen molar-refractivity contribution in [2.24, 2.45) is 0 Å². The van der Waals surface area contributed by atoms with E-state index in [0.29, 0.717) is 16.8 Å². The van der Waals surface area contributed by atoms with Crippen LogP contribution in [0.3, 0.4) is 0 Å². The molecule has 0 spiro atoms. The van der Waals surface area contributed by atoms with Crippen LogP contribution < -0.4 is 10.6 Å². The van der Waals surface area contributed by atoms with E-state index >= 15 is 0 Å². The maximum Gasteiger partial charge on any atom is 0.190 e. The summed E-state index contributed by atoms with van der Waals surface area (Å²) in [5.41, 5.74) is 0.780. The number of nitrogens with zero attached hydrogens (tertiary/aromatic N) is 3. The molecule has 0 aliphatic heterocycles. The zero-order valence-electron chi connectivity index (χ0n) is 10.2. The molecule has 0 radical (unpaired) electrons. The molecule has 3 rings (SSSR count). The summed E-state index contributed by atoms with van der Waals surface area (Å²) in [5, 5.41) is 8.71. The first-order chi connectivity index (χ1) is 9.79. The summed E-state index contributed by atoms with van der Waals surface area (Å²) in [6.07, 6.45) is 4.83. The third-order valence-corrected chi connectivity index (χ3v) is 3.18. The summed E-state index contributed by atoms with van der Waals surface area (Å²) < 4.78 is 12.8. The summed E-state index contributed by atoms with van der Waals surface area (Å²) >= 11 is 1.44. The zero-order chi connectivity index (χ0) is 13.8. The van der Waals surface area contributed by atoms with Gasteiger partial charge in [0.05, 0.1) is 6.20 Å². The quantitative estimate of drug-likeness (QED) is 0.768. The van der Waals surface area contributed by atoms with Crippen LogP contribution in [0.25, 0.3) is 0 Å². The van der Waals surface area contributed by atoms with Gasteiger partial charge < -0.3 is 10.6 Å². The largest absolute Gasteiger partial charge is 0.339 e. The Balaban J connectivity index is 1.69. The van der Waals surface area contributed by atoms with Gasteiger partial charge in [-0.2, -0.15) is 0 Å². The molecule has 20 heavy (non-hydrogen) atoms. The van der Waals surface area contributed by atoms with Crippen molar-refractivity contribution in [2.75, 3.05) is 10.6 Å². The highest BCUT2D eigenvalue weighted by Crippen LogP contribution is 2.24. The van der Waals surface area contributed by atoms with E-state index in [0.717, 1.165) is 5.69 Å². The number of aromatic nitrogens is 3. The van der Waals surface area contributed by atoms with Crippen LogP contribution in [-0.2, 0) is 0 Å². The first kappa shape index (κ1) is 12.5. The summed E-state index contributed by atoms with van der Waals surface area (Å²) in [6, 6.07) is 6.11. The fourth-order valence-corrected chi connectivity index (χ4v) is 2.19. The molecule has 0 amide bonds. The van der Waals surface area contributed by atoms with Crippen molar-refractivity contribution in [3.8, 4) is 0 Å². The molecule has 0 bridgehead atoms. The van der Waals surface area contributed by atoms with Gasteiger partial charge >= 0.3 is 0 Å². The minimum Gasteiger partial charge on any atom is -0.339 e. The smallest absolute Gasteiger partial charge is 0.190 e. The van der Waals surface area contributed by atoms with Crippen LogP contribution in [0, 0.1) is 5.82 Å². The Morgan fingerprint density at radius 2 is 1.85 bits per heavy atom. The van der Waals surface area contributed by atoms with Crippen LogP contribution in [0.1, 0.15) is 0 Å². The number of thiazole rings is 1. The summed E-state index contributed by atoms with van der Waals surface area (Å²) in [6.45, 7) is 0. The number of nitrogens with one attached hydrogen (secondary N) is 2. The zero-order valence-corrected chi connectivity index (χ0v) is 11.1.